The molecule has 1 aromatic carbocycles. The summed E-state index contributed by atoms with van der Waals surface area (Å²) < 4.78 is 51.6. The maximum absolute atomic E-state index is 13.3. The van der Waals surface area contributed by atoms with Gasteiger partial charge in [-0.2, -0.15) is 13.2 Å². The molecule has 0 amide bonds. The van der Waals surface area contributed by atoms with E-state index < -0.39 is 17.8 Å². The third kappa shape index (κ3) is 5.40. The van der Waals surface area contributed by atoms with Crippen LogP contribution in [0.5, 0.6) is 11.5 Å². The number of ether oxygens (including phenoxy) is 2. The summed E-state index contributed by atoms with van der Waals surface area (Å²) in [6, 6.07) is 5.56. The molecule has 0 spiro atoms. The zero-order chi connectivity index (χ0) is 26.2. The number of benzene rings is 1. The van der Waals surface area contributed by atoms with Gasteiger partial charge in [-0.1, -0.05) is 0 Å². The first-order valence-electron chi connectivity index (χ1n) is 11.8. The lowest BCUT2D eigenvalue weighted by Gasteiger charge is -2.24. The van der Waals surface area contributed by atoms with Gasteiger partial charge in [0.1, 0.15) is 24.1 Å². The van der Waals surface area contributed by atoms with Gasteiger partial charge in [0.25, 0.3) is 0 Å². The molecule has 0 aliphatic carbocycles. The predicted molar refractivity (Wildman–Crippen MR) is 132 cm³/mol. The molecule has 194 valence electrons. The summed E-state index contributed by atoms with van der Waals surface area (Å²) in [5.74, 6) is 1.82. The number of rotatable bonds is 7. The van der Waals surface area contributed by atoms with Crippen molar-refractivity contribution in [2.24, 2.45) is 0 Å². The number of pyridine rings is 1. The molecule has 1 aliphatic heterocycles. The number of hydrogen-bond donors (Lipinski definition) is 2. The number of hydrogen-bond acceptors (Lipinski definition) is 8. The lowest BCUT2D eigenvalue weighted by molar-refractivity contribution is -0.137. The number of nitrogens with two attached hydrogens (primary N) is 1. The van der Waals surface area contributed by atoms with E-state index in [9.17, 15) is 13.2 Å². The fourth-order valence-electron chi connectivity index (χ4n) is 4.46. The Bertz CT molecular complexity index is 1250. The Morgan fingerprint density at radius 1 is 1.14 bits per heavy atom. The summed E-state index contributed by atoms with van der Waals surface area (Å²) in [5.41, 5.74) is 5.57. The van der Waals surface area contributed by atoms with Crippen molar-refractivity contribution in [3.8, 4) is 11.5 Å². The van der Waals surface area contributed by atoms with Gasteiger partial charge in [0.2, 0.25) is 0 Å². The quantitative estimate of drug-likeness (QED) is 0.465. The van der Waals surface area contributed by atoms with E-state index in [0.29, 0.717) is 52.7 Å². The van der Waals surface area contributed by atoms with Crippen LogP contribution in [-0.4, -0.2) is 52.7 Å². The van der Waals surface area contributed by atoms with Crippen LogP contribution in [0.1, 0.15) is 49.8 Å². The highest BCUT2D eigenvalue weighted by Crippen LogP contribution is 2.37. The number of likely N-dealkylation sites (tertiary alicyclic amines) is 1. The van der Waals surface area contributed by atoms with Crippen molar-refractivity contribution in [2.75, 3.05) is 31.8 Å². The number of aryl methyl sites for hydroxylation is 1. The van der Waals surface area contributed by atoms with Gasteiger partial charge < -0.3 is 20.5 Å². The van der Waals surface area contributed by atoms with E-state index in [1.165, 1.54) is 0 Å². The number of nitrogens with one attached hydrogen (secondary N) is 1. The molecule has 3 aromatic rings. The van der Waals surface area contributed by atoms with E-state index in [-0.39, 0.29) is 11.5 Å². The highest BCUT2D eigenvalue weighted by Gasteiger charge is 2.32. The first kappa shape index (κ1) is 25.7. The van der Waals surface area contributed by atoms with E-state index in [1.54, 1.807) is 33.1 Å². The van der Waals surface area contributed by atoms with E-state index >= 15 is 0 Å². The number of alkyl halides is 3. The Balaban J connectivity index is 1.66. The van der Waals surface area contributed by atoms with Crippen molar-refractivity contribution in [3.05, 3.63) is 41.3 Å². The average Bonchev–Trinajstić information content (AvgIpc) is 3.13. The number of methoxy groups -OCH3 is 1. The van der Waals surface area contributed by atoms with Gasteiger partial charge in [-0.15, -0.1) is 0 Å². The molecule has 1 saturated heterocycles. The second-order valence-electron chi connectivity index (χ2n) is 9.27. The van der Waals surface area contributed by atoms with Gasteiger partial charge in [0.05, 0.1) is 29.9 Å². The van der Waals surface area contributed by atoms with E-state index in [0.717, 1.165) is 25.0 Å². The number of nitrogen functional groups attached to an aromatic ring is 1. The molecule has 3 heterocycles. The van der Waals surface area contributed by atoms with Crippen molar-refractivity contribution in [1.29, 1.82) is 0 Å². The molecular weight excluding hydrogens is 473 g/mol. The van der Waals surface area contributed by atoms with Crippen LogP contribution in [0.4, 0.5) is 24.8 Å². The van der Waals surface area contributed by atoms with E-state index in [2.05, 4.69) is 39.1 Å². The van der Waals surface area contributed by atoms with Gasteiger partial charge in [-0.25, -0.2) is 15.0 Å². The fourth-order valence-corrected chi connectivity index (χ4v) is 4.46. The summed E-state index contributed by atoms with van der Waals surface area (Å²) in [5, 5.41) is 3.83. The molecule has 11 heteroatoms. The van der Waals surface area contributed by atoms with Gasteiger partial charge in [-0.3, -0.25) is 4.90 Å². The molecule has 1 fully saturated rings. The van der Waals surface area contributed by atoms with Crippen molar-refractivity contribution in [2.45, 2.75) is 57.9 Å². The second-order valence-corrected chi connectivity index (χ2v) is 9.27. The maximum atomic E-state index is 13.3. The molecule has 4 rings (SSSR count). The summed E-state index contributed by atoms with van der Waals surface area (Å²) in [7, 11) is 3.66. The van der Waals surface area contributed by atoms with Crippen LogP contribution in [0.25, 0.3) is 10.9 Å². The molecule has 3 atom stereocenters. The molecule has 8 nitrogen and oxygen atoms in total. The zero-order valence-corrected chi connectivity index (χ0v) is 21.0. The Kier molecular flexibility index (Phi) is 7.12. The van der Waals surface area contributed by atoms with Crippen LogP contribution in [0.2, 0.25) is 0 Å². The van der Waals surface area contributed by atoms with Crippen LogP contribution < -0.4 is 20.5 Å². The smallest absolute Gasteiger partial charge is 0.416 e. The number of likely N-dealkylation sites (N-methyl/N-ethyl adjacent to an activating group) is 1. The topological polar surface area (TPSA) is 98.4 Å². The lowest BCUT2D eigenvalue weighted by Crippen LogP contribution is -2.34. The minimum Gasteiger partial charge on any atom is -0.493 e. The van der Waals surface area contributed by atoms with Gasteiger partial charge in [0.15, 0.2) is 11.5 Å². The Morgan fingerprint density at radius 2 is 1.89 bits per heavy atom. The molecular formula is C25H31F3N6O2. The molecule has 0 radical (unpaired) electrons. The lowest BCUT2D eigenvalue weighted by atomic mass is 10.1. The largest absolute Gasteiger partial charge is 0.493 e. The van der Waals surface area contributed by atoms with Crippen molar-refractivity contribution >= 4 is 22.5 Å². The van der Waals surface area contributed by atoms with E-state index in [4.69, 9.17) is 15.2 Å². The van der Waals surface area contributed by atoms with Crippen LogP contribution in [0.15, 0.2) is 24.3 Å². The minimum absolute atomic E-state index is 0.148. The first-order valence-corrected chi connectivity index (χ1v) is 11.8. The second kappa shape index (κ2) is 9.96. The average molecular weight is 505 g/mol. The summed E-state index contributed by atoms with van der Waals surface area (Å²) in [4.78, 5) is 15.4. The molecule has 1 aliphatic rings. The minimum atomic E-state index is -4.53. The highest BCUT2D eigenvalue weighted by atomic mass is 19.4. The van der Waals surface area contributed by atoms with Gasteiger partial charge in [-0.05, 0) is 58.9 Å². The molecule has 3 N–H and O–H groups in total. The van der Waals surface area contributed by atoms with Crippen LogP contribution >= 0.6 is 0 Å². The highest BCUT2D eigenvalue weighted by molar-refractivity contribution is 5.92. The Hall–Kier alpha value is -3.34. The fraction of sp³-hybridized carbons (Fsp3) is 0.480. The molecule has 2 aromatic heterocycles. The zero-order valence-electron chi connectivity index (χ0n) is 21.0. The predicted octanol–water partition coefficient (Wildman–Crippen LogP) is 4.98. The van der Waals surface area contributed by atoms with Crippen LogP contribution in [0.3, 0.4) is 0 Å². The molecule has 36 heavy (non-hydrogen) atoms. The summed E-state index contributed by atoms with van der Waals surface area (Å²) in [6.07, 6.45) is -2.36. The number of aromatic nitrogens is 3. The molecule has 0 bridgehead atoms. The van der Waals surface area contributed by atoms with E-state index in [1.807, 2.05) is 0 Å². The summed E-state index contributed by atoms with van der Waals surface area (Å²) in [6.45, 7) is 6.14. The maximum Gasteiger partial charge on any atom is 0.416 e. The molecule has 0 saturated carbocycles. The van der Waals surface area contributed by atoms with Gasteiger partial charge in [0, 0.05) is 23.5 Å². The molecule has 0 unspecified atom stereocenters. The monoisotopic (exact) mass is 504 g/mol. The van der Waals surface area contributed by atoms with Crippen LogP contribution in [0, 0.1) is 6.92 Å². The van der Waals surface area contributed by atoms with Crippen molar-refractivity contribution in [1.82, 2.24) is 19.9 Å². The number of fused-ring (bicyclic) bond motifs is 1. The number of anilines is 2. The number of nitrogens with zero attached hydrogens (tertiary/aromatic N) is 4. The Morgan fingerprint density at radius 3 is 2.53 bits per heavy atom. The number of halogens is 3. The standard InChI is InChI=1S/C25H31F3N6O2/c1-13-6-7-17(34(13)4)12-36-22-10-18-20(11-21(22)35-5)31-15(3)32-24(18)30-14(2)19-8-16(25(26,27)28)9-23(29)33-19/h8-11,13-14,17H,6-7,12H2,1-5H3,(H2,29,33)(H,30,31,32)/t13-,14+,17-/m0/s1. The third-order valence-electron chi connectivity index (χ3n) is 6.70. The van der Waals surface area contributed by atoms with Gasteiger partial charge >= 0.3 is 6.18 Å². The normalized spacial score (nSPS) is 19.4. The SMILES string of the molecule is COc1cc2nc(C)nc(N[C@H](C)c3cc(C(F)(F)F)cc(N)n3)c2cc1OC[C@@H]1CC[C@H](C)N1C. The third-order valence-corrected chi connectivity index (χ3v) is 6.70. The van der Waals surface area contributed by atoms with Crippen molar-refractivity contribution in [3.63, 3.8) is 0 Å². The summed E-state index contributed by atoms with van der Waals surface area (Å²) >= 11 is 0. The van der Waals surface area contributed by atoms with Crippen molar-refractivity contribution < 1.29 is 22.6 Å². The van der Waals surface area contributed by atoms with Crippen LogP contribution in [-0.2, 0) is 6.18 Å². The Labute approximate surface area is 208 Å². The first-order chi connectivity index (χ1) is 17.0.